The maximum absolute atomic E-state index is 10.7. The summed E-state index contributed by atoms with van der Waals surface area (Å²) in [6, 6.07) is 31.5. The van der Waals surface area contributed by atoms with Crippen LogP contribution in [-0.4, -0.2) is 44.0 Å². The third kappa shape index (κ3) is 15.2. The van der Waals surface area contributed by atoms with Crippen LogP contribution in [0.4, 0.5) is 0 Å². The van der Waals surface area contributed by atoms with E-state index in [2.05, 4.69) is 166 Å². The summed E-state index contributed by atoms with van der Waals surface area (Å²) in [5, 5.41) is 21.4. The number of carbonyl (C=O) groups excluding carboxylic acids is 3. The van der Waals surface area contributed by atoms with Gasteiger partial charge in [-0.3, -0.25) is 14.8 Å². The van der Waals surface area contributed by atoms with E-state index in [1.54, 1.807) is 6.20 Å². The van der Waals surface area contributed by atoms with Crippen LogP contribution in [0, 0.1) is 41.5 Å². The lowest BCUT2D eigenvalue weighted by atomic mass is 9.69. The molecule has 4 aromatic carbocycles. The topological polar surface area (TPSA) is 127 Å². The zero-order valence-electron chi connectivity index (χ0n) is 49.8. The Kier molecular flexibility index (Phi) is 24.1. The predicted octanol–water partition coefficient (Wildman–Crippen LogP) is 16.7. The number of pyridine rings is 2. The summed E-state index contributed by atoms with van der Waals surface area (Å²) in [6.45, 7) is 33.3. The first-order valence-corrected chi connectivity index (χ1v) is 28.5. The number of hydrogen-bond acceptors (Lipinski definition) is 8. The Morgan fingerprint density at radius 3 is 1.10 bits per heavy atom. The molecule has 8 nitrogen and oxygen atoms in total. The fourth-order valence-corrected chi connectivity index (χ4v) is 11.3. The standard InChI is InChI=1S/C35H47NO.C34H43NO3.CO2/c1-9-14-28-15-18-32(36-24-28)33-26(7)22-31(23-27(33)8)35(12-4,13-5)30-17-16-29(25(6)21-30)19-20-34(37,10-2)11-3;1-8-33(37,9-2)17-16-28-13-14-29(18-24(28)5)34(10-3,11-4)30-19-25(6)32(26(7)20-30)31-15-12-27(21-35-31)22-38-23-36;2-1-3/h15-24,37H,9-14H2,1-8H3;12-21,23,37H,8-11,22H2,1-7H3;/b20-19+;17-16+;. The molecule has 2 aromatic heterocycles. The molecular weight excluding hydrogens is 965 g/mol. The van der Waals surface area contributed by atoms with Crippen LogP contribution in [0.15, 0.2) is 109 Å². The van der Waals surface area contributed by atoms with Gasteiger partial charge in [0.15, 0.2) is 0 Å². The van der Waals surface area contributed by atoms with E-state index in [9.17, 15) is 15.0 Å². The van der Waals surface area contributed by atoms with Gasteiger partial charge >= 0.3 is 6.15 Å². The van der Waals surface area contributed by atoms with Gasteiger partial charge in [-0.05, 0) is 184 Å². The summed E-state index contributed by atoms with van der Waals surface area (Å²) in [7, 11) is 0. The fraction of sp³-hybridized carbons (Fsp3) is 0.429. The zero-order valence-corrected chi connectivity index (χ0v) is 49.8. The highest BCUT2D eigenvalue weighted by atomic mass is 16.5. The summed E-state index contributed by atoms with van der Waals surface area (Å²) < 4.78 is 4.85. The highest BCUT2D eigenvalue weighted by molar-refractivity contribution is 5.71. The van der Waals surface area contributed by atoms with Gasteiger partial charge in [-0.2, -0.15) is 9.59 Å². The zero-order chi connectivity index (χ0) is 57.8. The molecule has 0 fully saturated rings. The molecule has 0 aliphatic heterocycles. The van der Waals surface area contributed by atoms with Crippen molar-refractivity contribution in [2.45, 2.75) is 197 Å². The molecule has 6 aromatic rings. The van der Waals surface area contributed by atoms with Crippen LogP contribution in [0.3, 0.4) is 0 Å². The lowest BCUT2D eigenvalue weighted by Crippen LogP contribution is -2.26. The van der Waals surface area contributed by atoms with E-state index in [0.717, 1.165) is 79.4 Å². The first kappa shape index (κ1) is 64.0. The molecule has 2 N–H and O–H groups in total. The Bertz CT molecular complexity index is 2930. The van der Waals surface area contributed by atoms with Gasteiger partial charge in [-0.1, -0.05) is 166 Å². The molecule has 0 amide bonds. The van der Waals surface area contributed by atoms with Crippen molar-refractivity contribution < 1.29 is 29.3 Å². The average Bonchev–Trinajstić information content (AvgIpc) is 3.49. The molecule has 2 heterocycles. The van der Waals surface area contributed by atoms with Crippen molar-refractivity contribution in [3.63, 3.8) is 0 Å². The lowest BCUT2D eigenvalue weighted by molar-refractivity contribution is -0.191. The second-order valence-corrected chi connectivity index (χ2v) is 21.3. The van der Waals surface area contributed by atoms with Gasteiger partial charge in [0.2, 0.25) is 0 Å². The molecule has 6 rings (SSSR count). The summed E-state index contributed by atoms with van der Waals surface area (Å²) >= 11 is 0. The van der Waals surface area contributed by atoms with Gasteiger partial charge < -0.3 is 14.9 Å². The molecule has 416 valence electrons. The lowest BCUT2D eigenvalue weighted by Gasteiger charge is -2.35. The molecule has 0 aliphatic carbocycles. The summed E-state index contributed by atoms with van der Waals surface area (Å²) in [6.07, 6.45) is 21.2. The van der Waals surface area contributed by atoms with Crippen molar-refractivity contribution >= 4 is 24.8 Å². The Morgan fingerprint density at radius 1 is 0.474 bits per heavy atom. The molecule has 8 heteroatoms. The van der Waals surface area contributed by atoms with Crippen molar-refractivity contribution in [1.82, 2.24) is 9.97 Å². The molecule has 0 radical (unpaired) electrons. The quantitative estimate of drug-likeness (QED) is 0.0608. The number of rotatable bonds is 23. The Morgan fingerprint density at radius 2 is 0.821 bits per heavy atom. The third-order valence-electron chi connectivity index (χ3n) is 16.8. The number of aromatic nitrogens is 2. The van der Waals surface area contributed by atoms with Crippen LogP contribution >= 0.6 is 0 Å². The van der Waals surface area contributed by atoms with Crippen molar-refractivity contribution in [2.75, 3.05) is 0 Å². The molecule has 78 heavy (non-hydrogen) atoms. The smallest absolute Gasteiger partial charge is 0.373 e. The normalized spacial score (nSPS) is 12.0. The third-order valence-corrected chi connectivity index (χ3v) is 16.8. The van der Waals surface area contributed by atoms with Gasteiger partial charge in [-0.25, -0.2) is 0 Å². The van der Waals surface area contributed by atoms with Crippen molar-refractivity contribution in [3.8, 4) is 22.5 Å². The Balaban J connectivity index is 0.000000320. The Hall–Kier alpha value is -6.57. The van der Waals surface area contributed by atoms with Crippen LogP contribution in [0.2, 0.25) is 0 Å². The first-order chi connectivity index (χ1) is 37.2. The SMILES string of the molecule is CCC(O)(/C=C/c1ccc(C(CC)(CC)c2cc(C)c(-c3ccc(COC=O)cn3)c(C)c2)cc1C)CC.CCCc1ccc(-c2c(C)cc(C(CC)(CC)c3ccc(/C=C/C(O)(CC)CC)c(C)c3)cc2C)nc1.O=C=O. The van der Waals surface area contributed by atoms with Crippen LogP contribution < -0.4 is 0 Å². The predicted molar refractivity (Wildman–Crippen MR) is 322 cm³/mol. The van der Waals surface area contributed by atoms with Crippen LogP contribution in [0.25, 0.3) is 34.7 Å². The van der Waals surface area contributed by atoms with Gasteiger partial charge in [-0.15, -0.1) is 0 Å². The van der Waals surface area contributed by atoms with Crippen LogP contribution in [-0.2, 0) is 43.0 Å². The minimum Gasteiger partial charge on any atom is -0.463 e. The summed E-state index contributed by atoms with van der Waals surface area (Å²) in [5.74, 6) is 0. The number of carbonyl (C=O) groups is 1. The van der Waals surface area contributed by atoms with Gasteiger partial charge in [0.05, 0.1) is 22.6 Å². The molecule has 0 atom stereocenters. The maximum Gasteiger partial charge on any atom is 0.373 e. The second kappa shape index (κ2) is 29.4. The maximum atomic E-state index is 10.7. The number of nitrogens with zero attached hydrogens (tertiary/aromatic N) is 2. The van der Waals surface area contributed by atoms with Crippen LogP contribution in [0.5, 0.6) is 0 Å². The summed E-state index contributed by atoms with van der Waals surface area (Å²) in [4.78, 5) is 36.2. The van der Waals surface area contributed by atoms with E-state index < -0.39 is 11.2 Å². The van der Waals surface area contributed by atoms with E-state index in [1.165, 1.54) is 72.3 Å². The Labute approximate surface area is 468 Å². The number of aryl methyl sites for hydroxylation is 7. The van der Waals surface area contributed by atoms with Crippen molar-refractivity contribution in [2.24, 2.45) is 0 Å². The van der Waals surface area contributed by atoms with E-state index >= 15 is 0 Å². The summed E-state index contributed by atoms with van der Waals surface area (Å²) in [5.41, 5.74) is 20.1. The molecule has 0 bridgehead atoms. The minimum absolute atomic E-state index is 0.0486. The van der Waals surface area contributed by atoms with E-state index in [-0.39, 0.29) is 23.6 Å². The molecule has 0 spiro atoms. The highest BCUT2D eigenvalue weighted by Crippen LogP contribution is 2.44. The molecule has 0 unspecified atom stereocenters. The molecule has 0 saturated carbocycles. The van der Waals surface area contributed by atoms with Gasteiger partial charge in [0.1, 0.15) is 6.61 Å². The number of hydrogen-bond donors (Lipinski definition) is 2. The highest BCUT2D eigenvalue weighted by Gasteiger charge is 2.34. The molecule has 0 saturated heterocycles. The van der Waals surface area contributed by atoms with Gasteiger partial charge in [0, 0.05) is 39.9 Å². The average molecular weight is 1060 g/mol. The van der Waals surface area contributed by atoms with Crippen LogP contribution in [0.1, 0.15) is 198 Å². The molecule has 0 aliphatic rings. The van der Waals surface area contributed by atoms with Crippen molar-refractivity contribution in [3.05, 3.63) is 187 Å². The first-order valence-electron chi connectivity index (χ1n) is 28.5. The largest absolute Gasteiger partial charge is 0.463 e. The molecular formula is C70H90N2O6. The number of ether oxygens (including phenoxy) is 1. The number of aliphatic hydroxyl groups is 2. The monoisotopic (exact) mass is 1050 g/mol. The number of benzene rings is 4. The minimum atomic E-state index is -0.753. The fourth-order valence-electron chi connectivity index (χ4n) is 11.3. The van der Waals surface area contributed by atoms with E-state index in [0.29, 0.717) is 19.3 Å². The second-order valence-electron chi connectivity index (χ2n) is 21.3. The van der Waals surface area contributed by atoms with E-state index in [4.69, 9.17) is 19.3 Å². The van der Waals surface area contributed by atoms with E-state index in [1.807, 2.05) is 58.2 Å². The van der Waals surface area contributed by atoms with Gasteiger partial charge in [0.25, 0.3) is 6.47 Å². The van der Waals surface area contributed by atoms with Crippen molar-refractivity contribution in [1.29, 1.82) is 0 Å².